The molecule has 2 nitrogen and oxygen atoms in total. The molecule has 0 atom stereocenters. The van der Waals surface area contributed by atoms with Gasteiger partial charge in [0.25, 0.3) is 0 Å². The number of aromatic nitrogens is 2. The van der Waals surface area contributed by atoms with E-state index in [2.05, 4.69) is 9.97 Å². The standard InChI is InChI=1S/C10H8N2.ClH.Cu/c1-3-7-11-9(5-1)10-6-2-4-8-12-10;;/h1-8H;1H;/q;;+2/p-1. The maximum Gasteiger partial charge on any atom is 2.00 e. The van der Waals surface area contributed by atoms with E-state index in [-0.39, 0.29) is 29.5 Å². The Balaban J connectivity index is 0.000000845. The van der Waals surface area contributed by atoms with Crippen LogP contribution in [0.2, 0.25) is 0 Å². The van der Waals surface area contributed by atoms with Gasteiger partial charge in [-0.05, 0) is 24.3 Å². The number of hydrogen-bond acceptors (Lipinski definition) is 2. The van der Waals surface area contributed by atoms with Gasteiger partial charge < -0.3 is 12.4 Å². The molecule has 2 heterocycles. The molecule has 75 valence electrons. The fraction of sp³-hybridized carbons (Fsp3) is 0. The Morgan fingerprint density at radius 3 is 1.43 bits per heavy atom. The van der Waals surface area contributed by atoms with E-state index in [0.29, 0.717) is 0 Å². The zero-order chi connectivity index (χ0) is 8.23. The molecule has 0 saturated heterocycles. The van der Waals surface area contributed by atoms with Gasteiger partial charge in [0.2, 0.25) is 0 Å². The largest absolute Gasteiger partial charge is 2.00 e. The van der Waals surface area contributed by atoms with Gasteiger partial charge >= 0.3 is 17.1 Å². The summed E-state index contributed by atoms with van der Waals surface area (Å²) in [5, 5.41) is 0. The molecule has 14 heavy (non-hydrogen) atoms. The smallest absolute Gasteiger partial charge is 1.00 e. The molecule has 0 N–H and O–H groups in total. The average molecular weight is 255 g/mol. The van der Waals surface area contributed by atoms with Gasteiger partial charge in [-0.25, -0.2) is 0 Å². The minimum atomic E-state index is 0. The molecule has 0 aliphatic rings. The summed E-state index contributed by atoms with van der Waals surface area (Å²) < 4.78 is 0. The van der Waals surface area contributed by atoms with Crippen LogP contribution in [0.5, 0.6) is 0 Å². The Kier molecular flexibility index (Phi) is 6.13. The fourth-order valence-corrected chi connectivity index (χ4v) is 1.03. The van der Waals surface area contributed by atoms with Crippen molar-refractivity contribution in [3.05, 3.63) is 48.8 Å². The second kappa shape index (κ2) is 6.55. The van der Waals surface area contributed by atoms with Gasteiger partial charge in [-0.15, -0.1) is 0 Å². The van der Waals surface area contributed by atoms with Gasteiger partial charge in [0.05, 0.1) is 11.4 Å². The van der Waals surface area contributed by atoms with Crippen LogP contribution in [0.3, 0.4) is 0 Å². The quantitative estimate of drug-likeness (QED) is 0.620. The van der Waals surface area contributed by atoms with E-state index in [9.17, 15) is 0 Å². The molecule has 0 bridgehead atoms. The van der Waals surface area contributed by atoms with Crippen molar-refractivity contribution in [2.45, 2.75) is 0 Å². The zero-order valence-electron chi connectivity index (χ0n) is 7.19. The van der Waals surface area contributed by atoms with Gasteiger partial charge in [0.15, 0.2) is 0 Å². The minimum absolute atomic E-state index is 0. The Labute approximate surface area is 99.7 Å². The number of nitrogens with zero attached hydrogens (tertiary/aromatic N) is 2. The Morgan fingerprint density at radius 1 is 0.714 bits per heavy atom. The summed E-state index contributed by atoms with van der Waals surface area (Å²) >= 11 is 0. The first kappa shape index (κ1) is 13.1. The normalized spacial score (nSPS) is 8.29. The van der Waals surface area contributed by atoms with Crippen LogP contribution in [0.1, 0.15) is 0 Å². The molecule has 2 aromatic heterocycles. The van der Waals surface area contributed by atoms with Gasteiger partial charge in [-0.1, -0.05) is 12.1 Å². The van der Waals surface area contributed by atoms with Gasteiger partial charge in [0, 0.05) is 12.4 Å². The maximum atomic E-state index is 4.19. The molecule has 0 saturated carbocycles. The maximum absolute atomic E-state index is 4.19. The first-order valence-corrected chi connectivity index (χ1v) is 3.79. The van der Waals surface area contributed by atoms with Crippen molar-refractivity contribution in [3.8, 4) is 11.4 Å². The Hall–Kier alpha value is -0.891. The SMILES string of the molecule is [Cl-].[Cu+2].c1ccc(-c2ccccn2)nc1. The molecule has 0 amide bonds. The third kappa shape index (κ3) is 3.11. The molecule has 0 aromatic carbocycles. The number of halogens is 1. The van der Waals surface area contributed by atoms with Crippen LogP contribution in [-0.2, 0) is 17.1 Å². The number of rotatable bonds is 1. The van der Waals surface area contributed by atoms with Crippen LogP contribution in [-0.4, -0.2) is 9.97 Å². The molecular weight excluding hydrogens is 247 g/mol. The van der Waals surface area contributed by atoms with Crippen molar-refractivity contribution in [1.29, 1.82) is 0 Å². The van der Waals surface area contributed by atoms with E-state index in [4.69, 9.17) is 0 Å². The van der Waals surface area contributed by atoms with E-state index in [1.165, 1.54) is 0 Å². The van der Waals surface area contributed by atoms with Crippen LogP contribution >= 0.6 is 0 Å². The minimum Gasteiger partial charge on any atom is -1.00 e. The van der Waals surface area contributed by atoms with Crippen molar-refractivity contribution in [2.75, 3.05) is 0 Å². The molecule has 0 unspecified atom stereocenters. The zero-order valence-corrected chi connectivity index (χ0v) is 8.89. The first-order chi connectivity index (χ1) is 5.97. The fourth-order valence-electron chi connectivity index (χ4n) is 1.03. The Morgan fingerprint density at radius 2 is 1.14 bits per heavy atom. The summed E-state index contributed by atoms with van der Waals surface area (Å²) in [6, 6.07) is 11.6. The van der Waals surface area contributed by atoms with Crippen LogP contribution in [0.25, 0.3) is 11.4 Å². The van der Waals surface area contributed by atoms with E-state index in [0.717, 1.165) is 11.4 Å². The number of pyridine rings is 2. The van der Waals surface area contributed by atoms with Gasteiger partial charge in [-0.2, -0.15) is 0 Å². The van der Waals surface area contributed by atoms with E-state index in [1.807, 2.05) is 36.4 Å². The summed E-state index contributed by atoms with van der Waals surface area (Å²) in [5.74, 6) is 0. The summed E-state index contributed by atoms with van der Waals surface area (Å²) in [6.07, 6.45) is 3.54. The third-order valence-electron chi connectivity index (χ3n) is 1.59. The van der Waals surface area contributed by atoms with E-state index in [1.54, 1.807) is 12.4 Å². The molecule has 2 rings (SSSR count). The van der Waals surface area contributed by atoms with E-state index >= 15 is 0 Å². The monoisotopic (exact) mass is 254 g/mol. The first-order valence-electron chi connectivity index (χ1n) is 3.79. The Bertz CT molecular complexity index is 316. The summed E-state index contributed by atoms with van der Waals surface area (Å²) in [5.41, 5.74) is 1.83. The van der Waals surface area contributed by atoms with Gasteiger partial charge in [0.1, 0.15) is 0 Å². The molecule has 0 fully saturated rings. The molecule has 0 aliphatic carbocycles. The summed E-state index contributed by atoms with van der Waals surface area (Å²) in [7, 11) is 0. The summed E-state index contributed by atoms with van der Waals surface area (Å²) in [6.45, 7) is 0. The van der Waals surface area contributed by atoms with E-state index < -0.39 is 0 Å². The molecule has 1 radical (unpaired) electrons. The van der Waals surface area contributed by atoms with Crippen molar-refractivity contribution >= 4 is 0 Å². The number of hydrogen-bond donors (Lipinski definition) is 0. The van der Waals surface area contributed by atoms with Crippen molar-refractivity contribution in [1.82, 2.24) is 9.97 Å². The van der Waals surface area contributed by atoms with Crippen LogP contribution in [0.4, 0.5) is 0 Å². The molecule has 2 aromatic rings. The topological polar surface area (TPSA) is 25.8 Å². The van der Waals surface area contributed by atoms with Crippen molar-refractivity contribution in [2.24, 2.45) is 0 Å². The second-order valence-corrected chi connectivity index (χ2v) is 2.43. The molecule has 4 heteroatoms. The van der Waals surface area contributed by atoms with Crippen molar-refractivity contribution in [3.63, 3.8) is 0 Å². The molecular formula is C10H8ClCuN2+. The second-order valence-electron chi connectivity index (χ2n) is 2.43. The predicted molar refractivity (Wildman–Crippen MR) is 47.5 cm³/mol. The average Bonchev–Trinajstić information content (AvgIpc) is 2.21. The van der Waals surface area contributed by atoms with Crippen LogP contribution in [0.15, 0.2) is 48.8 Å². The third-order valence-corrected chi connectivity index (χ3v) is 1.59. The molecule has 0 aliphatic heterocycles. The van der Waals surface area contributed by atoms with Gasteiger partial charge in [-0.3, -0.25) is 9.97 Å². The predicted octanol–water partition coefficient (Wildman–Crippen LogP) is -0.855. The van der Waals surface area contributed by atoms with Crippen LogP contribution < -0.4 is 12.4 Å². The summed E-state index contributed by atoms with van der Waals surface area (Å²) in [4.78, 5) is 8.37. The van der Waals surface area contributed by atoms with Crippen molar-refractivity contribution < 1.29 is 29.5 Å². The van der Waals surface area contributed by atoms with Crippen LogP contribution in [0, 0.1) is 0 Å². The molecule has 0 spiro atoms.